The number of amides is 4. The molecule has 2 heterocycles. The summed E-state index contributed by atoms with van der Waals surface area (Å²) in [5.74, 6) is -3.47. The molecule has 41 heavy (non-hydrogen) atoms. The Morgan fingerprint density at radius 1 is 1.05 bits per heavy atom. The molecule has 5 rings (SSSR count). The van der Waals surface area contributed by atoms with E-state index in [2.05, 4.69) is 16.0 Å². The molecule has 0 aromatic heterocycles. The van der Waals surface area contributed by atoms with Crippen LogP contribution >= 0.6 is 0 Å². The van der Waals surface area contributed by atoms with Gasteiger partial charge in [0.1, 0.15) is 11.8 Å². The minimum absolute atomic E-state index is 0.0275. The molecule has 0 unspecified atom stereocenters. The lowest BCUT2D eigenvalue weighted by Crippen LogP contribution is -2.55. The summed E-state index contributed by atoms with van der Waals surface area (Å²) in [6.07, 6.45) is -0.0809. The molecular weight excluding hydrogens is 545 g/mol. The molecule has 2 aliphatic carbocycles. The van der Waals surface area contributed by atoms with Crippen molar-refractivity contribution in [2.24, 2.45) is 17.8 Å². The van der Waals surface area contributed by atoms with E-state index in [1.54, 1.807) is 0 Å². The fourth-order valence-corrected chi connectivity index (χ4v) is 6.15. The second kappa shape index (κ2) is 11.7. The first-order valence-electron chi connectivity index (χ1n) is 14.0. The van der Waals surface area contributed by atoms with Crippen molar-refractivity contribution in [3.05, 3.63) is 29.8 Å². The van der Waals surface area contributed by atoms with Crippen molar-refractivity contribution in [3.63, 3.8) is 0 Å². The van der Waals surface area contributed by atoms with Crippen molar-refractivity contribution < 1.29 is 41.9 Å². The van der Waals surface area contributed by atoms with Gasteiger partial charge in [0.05, 0.1) is 11.6 Å². The number of nitrogens with zero attached hydrogens (tertiary/aromatic N) is 1. The Morgan fingerprint density at radius 2 is 1.78 bits per heavy atom. The number of ether oxygens (including phenoxy) is 1. The molecule has 2 aliphatic heterocycles. The Labute approximate surface area is 234 Å². The smallest absolute Gasteiger partial charge is 0.416 e. The lowest BCUT2D eigenvalue weighted by atomic mass is 9.91. The summed E-state index contributed by atoms with van der Waals surface area (Å²) in [4.78, 5) is 66.2. The zero-order chi connectivity index (χ0) is 29.3. The molecule has 2 saturated carbocycles. The van der Waals surface area contributed by atoms with E-state index in [4.69, 9.17) is 4.74 Å². The van der Waals surface area contributed by atoms with Crippen molar-refractivity contribution in [2.45, 2.75) is 69.2 Å². The van der Waals surface area contributed by atoms with Crippen LogP contribution in [-0.2, 0) is 30.1 Å². The second-order valence-electron chi connectivity index (χ2n) is 11.3. The minimum atomic E-state index is -4.50. The fourth-order valence-electron chi connectivity index (χ4n) is 6.15. The maximum atomic E-state index is 13.7. The van der Waals surface area contributed by atoms with E-state index in [1.807, 2.05) is 0 Å². The average molecular weight is 579 g/mol. The molecule has 4 fully saturated rings. The van der Waals surface area contributed by atoms with Gasteiger partial charge in [-0.1, -0.05) is 6.42 Å². The Hall–Kier alpha value is -3.64. The SMILES string of the molecule is O=C(NC1CC1)C(=O)[C@H](C[C@@H]1CCNC1=O)NC(=O)[C@@H]1[C@H]2CCC[C@H]2CN1C(=O)COc1ccc(C(F)(F)F)cc1. The van der Waals surface area contributed by atoms with Crippen LogP contribution in [0.5, 0.6) is 5.75 Å². The van der Waals surface area contributed by atoms with E-state index in [0.29, 0.717) is 25.9 Å². The third-order valence-corrected chi connectivity index (χ3v) is 8.48. The number of rotatable bonds is 10. The molecule has 13 heteroatoms. The van der Waals surface area contributed by atoms with E-state index in [9.17, 15) is 37.1 Å². The normalized spacial score (nSPS) is 26.2. The van der Waals surface area contributed by atoms with Crippen molar-refractivity contribution in [2.75, 3.05) is 19.7 Å². The predicted molar refractivity (Wildman–Crippen MR) is 137 cm³/mol. The Morgan fingerprint density at radius 3 is 2.41 bits per heavy atom. The number of likely N-dealkylation sites (tertiary alicyclic amines) is 1. The van der Waals surface area contributed by atoms with Gasteiger partial charge in [0, 0.05) is 25.0 Å². The maximum Gasteiger partial charge on any atom is 0.416 e. The van der Waals surface area contributed by atoms with Gasteiger partial charge < -0.3 is 25.6 Å². The molecule has 1 aromatic carbocycles. The summed E-state index contributed by atoms with van der Waals surface area (Å²) in [7, 11) is 0. The first kappa shape index (κ1) is 28.9. The average Bonchev–Trinajstić information content (AvgIpc) is 3.28. The number of carbonyl (C=O) groups is 5. The van der Waals surface area contributed by atoms with Crippen molar-refractivity contribution >= 4 is 29.4 Å². The third-order valence-electron chi connectivity index (χ3n) is 8.48. The highest BCUT2D eigenvalue weighted by molar-refractivity contribution is 6.38. The fraction of sp³-hybridized carbons (Fsp3) is 0.607. The molecule has 4 amide bonds. The predicted octanol–water partition coefficient (Wildman–Crippen LogP) is 1.57. The van der Waals surface area contributed by atoms with Gasteiger partial charge in [-0.3, -0.25) is 24.0 Å². The summed E-state index contributed by atoms with van der Waals surface area (Å²) in [5, 5.41) is 8.04. The Bertz CT molecular complexity index is 1200. The van der Waals surface area contributed by atoms with E-state index in [1.165, 1.54) is 4.90 Å². The molecule has 3 N–H and O–H groups in total. The van der Waals surface area contributed by atoms with Gasteiger partial charge in [-0.05, 0) is 74.6 Å². The van der Waals surface area contributed by atoms with Crippen LogP contribution in [0.4, 0.5) is 13.2 Å². The van der Waals surface area contributed by atoms with Gasteiger partial charge in [0.2, 0.25) is 17.6 Å². The van der Waals surface area contributed by atoms with Crippen molar-refractivity contribution in [1.29, 1.82) is 0 Å². The monoisotopic (exact) mass is 578 g/mol. The number of nitrogens with one attached hydrogen (secondary N) is 3. The molecule has 1 aromatic rings. The summed E-state index contributed by atoms with van der Waals surface area (Å²) >= 11 is 0. The number of fused-ring (bicyclic) bond motifs is 1. The first-order chi connectivity index (χ1) is 19.5. The van der Waals surface area contributed by atoms with E-state index in [0.717, 1.165) is 49.9 Å². The van der Waals surface area contributed by atoms with E-state index < -0.39 is 59.9 Å². The molecule has 0 bridgehead atoms. The van der Waals surface area contributed by atoms with E-state index >= 15 is 0 Å². The number of ketones is 1. The summed E-state index contributed by atoms with van der Waals surface area (Å²) in [5.41, 5.74) is -0.842. The number of benzene rings is 1. The molecule has 5 atom stereocenters. The van der Waals surface area contributed by atoms with Crippen LogP contribution in [0.15, 0.2) is 24.3 Å². The molecule has 10 nitrogen and oxygen atoms in total. The van der Waals surface area contributed by atoms with Crippen LogP contribution < -0.4 is 20.7 Å². The highest BCUT2D eigenvalue weighted by Gasteiger charge is 2.50. The van der Waals surface area contributed by atoms with Crippen LogP contribution in [0.25, 0.3) is 0 Å². The molecule has 2 saturated heterocycles. The quantitative estimate of drug-likeness (QED) is 0.361. The standard InChI is InChI=1S/C28H33F3N4O6/c29-28(30,31)17-4-8-19(9-5-17)41-14-22(36)35-13-16-2-1-3-20(16)23(35)26(39)34-21(12-15-10-11-32-25(15)38)24(37)27(40)33-18-6-7-18/h4-5,8-9,15-16,18,20-21,23H,1-3,6-7,10-14H2,(H,32,38)(H,33,40)(H,34,39)/t15-,16-,20-,21-,23-/m0/s1. The first-order valence-corrected chi connectivity index (χ1v) is 14.0. The third kappa shape index (κ3) is 6.65. The van der Waals surface area contributed by atoms with Crippen LogP contribution in [0.2, 0.25) is 0 Å². The molecule has 0 spiro atoms. The summed E-state index contributed by atoms with van der Waals surface area (Å²) in [6.45, 7) is 0.271. The number of alkyl halides is 3. The van der Waals surface area contributed by atoms with Crippen molar-refractivity contribution in [1.82, 2.24) is 20.9 Å². The molecule has 4 aliphatic rings. The lowest BCUT2D eigenvalue weighted by Gasteiger charge is -2.29. The van der Waals surface area contributed by atoms with Gasteiger partial charge in [-0.15, -0.1) is 0 Å². The lowest BCUT2D eigenvalue weighted by molar-refractivity contribution is -0.144. The zero-order valence-electron chi connectivity index (χ0n) is 22.4. The summed E-state index contributed by atoms with van der Waals surface area (Å²) in [6, 6.07) is 1.78. The van der Waals surface area contributed by atoms with Crippen LogP contribution in [0.1, 0.15) is 50.5 Å². The Kier molecular flexibility index (Phi) is 8.23. The second-order valence-corrected chi connectivity index (χ2v) is 11.3. The molecular formula is C28H33F3N4O6. The van der Waals surface area contributed by atoms with E-state index in [-0.39, 0.29) is 36.0 Å². The number of halogens is 3. The van der Waals surface area contributed by atoms with Crippen molar-refractivity contribution in [3.8, 4) is 5.75 Å². The Balaban J connectivity index is 1.27. The molecule has 0 radical (unpaired) electrons. The highest BCUT2D eigenvalue weighted by Crippen LogP contribution is 2.42. The van der Waals surface area contributed by atoms with Gasteiger partial charge >= 0.3 is 6.18 Å². The van der Waals surface area contributed by atoms with Gasteiger partial charge in [-0.2, -0.15) is 13.2 Å². The van der Waals surface area contributed by atoms with Gasteiger partial charge in [0.15, 0.2) is 6.61 Å². The van der Waals surface area contributed by atoms with Crippen LogP contribution in [-0.4, -0.2) is 72.1 Å². The van der Waals surface area contributed by atoms with Crippen LogP contribution in [0.3, 0.4) is 0 Å². The van der Waals surface area contributed by atoms with Gasteiger partial charge in [-0.25, -0.2) is 0 Å². The number of hydrogen-bond acceptors (Lipinski definition) is 6. The van der Waals surface area contributed by atoms with Gasteiger partial charge in [0.25, 0.3) is 11.8 Å². The maximum absolute atomic E-state index is 13.7. The topological polar surface area (TPSA) is 134 Å². The summed E-state index contributed by atoms with van der Waals surface area (Å²) < 4.78 is 44.0. The minimum Gasteiger partial charge on any atom is -0.484 e. The largest absolute Gasteiger partial charge is 0.484 e. The molecule has 222 valence electrons. The number of hydrogen-bond donors (Lipinski definition) is 3. The number of Topliss-reactive ketones (excluding diaryl/α,β-unsaturated/α-hetero) is 1. The van der Waals surface area contributed by atoms with Crippen LogP contribution in [0, 0.1) is 17.8 Å². The number of carbonyl (C=O) groups excluding carboxylic acids is 5. The highest BCUT2D eigenvalue weighted by atomic mass is 19.4. The zero-order valence-corrected chi connectivity index (χ0v) is 22.4.